The summed E-state index contributed by atoms with van der Waals surface area (Å²) in [5.41, 5.74) is 0.625. The van der Waals surface area contributed by atoms with E-state index >= 15 is 0 Å². The summed E-state index contributed by atoms with van der Waals surface area (Å²) < 4.78 is 38.0. The van der Waals surface area contributed by atoms with E-state index in [1.54, 1.807) is 29.2 Å². The van der Waals surface area contributed by atoms with Crippen LogP contribution in [0.3, 0.4) is 0 Å². The van der Waals surface area contributed by atoms with Crippen molar-refractivity contribution in [2.45, 2.75) is 24.2 Å². The molecule has 1 fully saturated rings. The molecule has 148 valence electrons. The van der Waals surface area contributed by atoms with Gasteiger partial charge in [0.05, 0.1) is 25.6 Å². The summed E-state index contributed by atoms with van der Waals surface area (Å²) in [5.74, 6) is 1.20. The van der Waals surface area contributed by atoms with E-state index in [4.69, 9.17) is 9.47 Å². The molecule has 1 saturated carbocycles. The third-order valence-corrected chi connectivity index (χ3v) is 7.06. The molecule has 0 radical (unpaired) electrons. The SMILES string of the molecule is COc1cc(OC)cc(N2C(=O)N(CC3CCC3)c3ccccc3S2(=O)=O)c1. The maximum atomic E-state index is 13.4. The lowest BCUT2D eigenvalue weighted by atomic mass is 9.85. The predicted molar refractivity (Wildman–Crippen MR) is 106 cm³/mol. The van der Waals surface area contributed by atoms with E-state index in [1.165, 1.54) is 32.4 Å². The van der Waals surface area contributed by atoms with Gasteiger partial charge in [-0.25, -0.2) is 13.2 Å². The van der Waals surface area contributed by atoms with E-state index in [0.29, 0.717) is 29.6 Å². The van der Waals surface area contributed by atoms with E-state index < -0.39 is 16.1 Å². The molecule has 0 unspecified atom stereocenters. The molecular weight excluding hydrogens is 380 g/mol. The Balaban J connectivity index is 1.86. The Hall–Kier alpha value is -2.74. The average molecular weight is 402 g/mol. The van der Waals surface area contributed by atoms with Crippen molar-refractivity contribution >= 4 is 27.4 Å². The van der Waals surface area contributed by atoms with Crippen LogP contribution in [0.25, 0.3) is 0 Å². The summed E-state index contributed by atoms with van der Waals surface area (Å²) in [7, 11) is -1.11. The number of urea groups is 1. The summed E-state index contributed by atoms with van der Waals surface area (Å²) in [5, 5.41) is 0. The molecule has 0 bridgehead atoms. The number of benzene rings is 2. The maximum absolute atomic E-state index is 13.4. The highest BCUT2D eigenvalue weighted by Gasteiger charge is 2.43. The van der Waals surface area contributed by atoms with Crippen molar-refractivity contribution in [2.75, 3.05) is 30.0 Å². The molecule has 2 amide bonds. The van der Waals surface area contributed by atoms with E-state index in [-0.39, 0.29) is 10.6 Å². The third-order valence-electron chi connectivity index (χ3n) is 5.32. The van der Waals surface area contributed by atoms with Gasteiger partial charge in [-0.2, -0.15) is 4.31 Å². The standard InChI is InChI=1S/C20H22N2O5S/c1-26-16-10-15(11-17(12-16)27-2)22-20(23)21(13-14-6-5-7-14)18-8-3-4-9-19(18)28(22,24)25/h3-4,8-12,14H,5-7,13H2,1-2H3. The second kappa shape index (κ2) is 7.01. The number of anilines is 2. The number of carbonyl (C=O) groups excluding carboxylic acids is 1. The number of amides is 2. The van der Waals surface area contributed by atoms with E-state index in [2.05, 4.69) is 0 Å². The van der Waals surface area contributed by atoms with Gasteiger partial charge in [0.25, 0.3) is 10.0 Å². The number of carbonyl (C=O) groups is 1. The summed E-state index contributed by atoms with van der Waals surface area (Å²) in [6.45, 7) is 0.503. The summed E-state index contributed by atoms with van der Waals surface area (Å²) in [4.78, 5) is 15.1. The number of rotatable bonds is 5. The number of para-hydroxylation sites is 1. The van der Waals surface area contributed by atoms with Gasteiger partial charge in [0.1, 0.15) is 16.4 Å². The molecule has 7 nitrogen and oxygen atoms in total. The van der Waals surface area contributed by atoms with E-state index in [0.717, 1.165) is 23.6 Å². The number of fused-ring (bicyclic) bond motifs is 1. The zero-order chi connectivity index (χ0) is 19.9. The van der Waals surface area contributed by atoms with Crippen molar-refractivity contribution in [1.82, 2.24) is 0 Å². The number of sulfonamides is 1. The monoisotopic (exact) mass is 402 g/mol. The topological polar surface area (TPSA) is 76.2 Å². The maximum Gasteiger partial charge on any atom is 0.343 e. The van der Waals surface area contributed by atoms with Crippen LogP contribution in [0, 0.1) is 5.92 Å². The van der Waals surface area contributed by atoms with Gasteiger partial charge in [0.15, 0.2) is 0 Å². The molecule has 1 aliphatic carbocycles. The van der Waals surface area contributed by atoms with Crippen LogP contribution in [0.4, 0.5) is 16.2 Å². The highest BCUT2D eigenvalue weighted by atomic mass is 32.2. The Morgan fingerprint density at radius 2 is 1.68 bits per heavy atom. The van der Waals surface area contributed by atoms with Crippen molar-refractivity contribution in [1.29, 1.82) is 0 Å². The predicted octanol–water partition coefficient (Wildman–Crippen LogP) is 3.64. The fourth-order valence-electron chi connectivity index (χ4n) is 3.58. The zero-order valence-electron chi connectivity index (χ0n) is 15.8. The number of hydrogen-bond donors (Lipinski definition) is 0. The first kappa shape index (κ1) is 18.6. The largest absolute Gasteiger partial charge is 0.497 e. The second-order valence-corrected chi connectivity index (χ2v) is 8.75. The first-order valence-corrected chi connectivity index (χ1v) is 10.6. The van der Waals surface area contributed by atoms with Crippen molar-refractivity contribution in [2.24, 2.45) is 5.92 Å². The molecule has 2 aliphatic rings. The first-order chi connectivity index (χ1) is 13.5. The highest BCUT2D eigenvalue weighted by molar-refractivity contribution is 7.94. The van der Waals surface area contributed by atoms with Crippen LogP contribution >= 0.6 is 0 Å². The fraction of sp³-hybridized carbons (Fsp3) is 0.350. The number of nitrogens with zero attached hydrogens (tertiary/aromatic N) is 2. The number of methoxy groups -OCH3 is 2. The molecule has 2 aromatic rings. The van der Waals surface area contributed by atoms with Gasteiger partial charge < -0.3 is 9.47 Å². The van der Waals surface area contributed by atoms with Gasteiger partial charge in [0.2, 0.25) is 0 Å². The average Bonchev–Trinajstić information content (AvgIpc) is 2.66. The Bertz CT molecular complexity index is 995. The first-order valence-electron chi connectivity index (χ1n) is 9.14. The number of ether oxygens (including phenoxy) is 2. The molecule has 2 aromatic carbocycles. The van der Waals surface area contributed by atoms with Crippen LogP contribution < -0.4 is 18.7 Å². The lowest BCUT2D eigenvalue weighted by Crippen LogP contribution is -2.52. The Labute approximate surface area is 164 Å². The third kappa shape index (κ3) is 2.97. The van der Waals surface area contributed by atoms with Gasteiger partial charge in [0, 0.05) is 24.7 Å². The van der Waals surface area contributed by atoms with Gasteiger partial charge in [-0.1, -0.05) is 18.6 Å². The molecule has 28 heavy (non-hydrogen) atoms. The van der Waals surface area contributed by atoms with Crippen molar-refractivity contribution in [3.63, 3.8) is 0 Å². The van der Waals surface area contributed by atoms with Crippen LogP contribution in [0.5, 0.6) is 11.5 Å². The van der Waals surface area contributed by atoms with Crippen LogP contribution in [-0.2, 0) is 10.0 Å². The van der Waals surface area contributed by atoms with Gasteiger partial charge >= 0.3 is 6.03 Å². The molecule has 4 rings (SSSR count). The van der Waals surface area contributed by atoms with Crippen LogP contribution in [0.2, 0.25) is 0 Å². The smallest absolute Gasteiger partial charge is 0.343 e. The minimum atomic E-state index is -4.06. The molecule has 0 saturated heterocycles. The van der Waals surface area contributed by atoms with E-state index in [9.17, 15) is 13.2 Å². The molecular formula is C20H22N2O5S. The molecule has 8 heteroatoms. The fourth-order valence-corrected chi connectivity index (χ4v) is 5.16. The van der Waals surface area contributed by atoms with Gasteiger partial charge in [-0.15, -0.1) is 0 Å². The molecule has 1 aliphatic heterocycles. The lowest BCUT2D eigenvalue weighted by Gasteiger charge is -2.39. The highest BCUT2D eigenvalue weighted by Crippen LogP contribution is 2.41. The summed E-state index contributed by atoms with van der Waals surface area (Å²) >= 11 is 0. The van der Waals surface area contributed by atoms with Crippen LogP contribution in [0.1, 0.15) is 19.3 Å². The minimum Gasteiger partial charge on any atom is -0.497 e. The minimum absolute atomic E-state index is 0.121. The Kier molecular flexibility index (Phi) is 4.66. The quantitative estimate of drug-likeness (QED) is 0.763. The summed E-state index contributed by atoms with van der Waals surface area (Å²) in [6.07, 6.45) is 3.24. The molecule has 0 spiro atoms. The van der Waals surface area contributed by atoms with E-state index in [1.807, 2.05) is 0 Å². The zero-order valence-corrected chi connectivity index (χ0v) is 16.6. The molecule has 1 heterocycles. The van der Waals surface area contributed by atoms with Crippen molar-refractivity contribution in [3.8, 4) is 11.5 Å². The van der Waals surface area contributed by atoms with Crippen LogP contribution in [0.15, 0.2) is 47.4 Å². The Morgan fingerprint density at radius 1 is 1.04 bits per heavy atom. The summed E-state index contributed by atoms with van der Waals surface area (Å²) in [6, 6.07) is 10.7. The molecule has 0 atom stereocenters. The lowest BCUT2D eigenvalue weighted by molar-refractivity contribution is 0.248. The van der Waals surface area contributed by atoms with Crippen molar-refractivity contribution in [3.05, 3.63) is 42.5 Å². The second-order valence-electron chi connectivity index (χ2n) is 7.00. The van der Waals surface area contributed by atoms with Crippen LogP contribution in [-0.4, -0.2) is 35.2 Å². The van der Waals surface area contributed by atoms with Gasteiger partial charge in [-0.05, 0) is 30.9 Å². The molecule has 0 aromatic heterocycles. The number of hydrogen-bond acceptors (Lipinski definition) is 5. The molecule has 0 N–H and O–H groups in total. The van der Waals surface area contributed by atoms with Crippen molar-refractivity contribution < 1.29 is 22.7 Å². The Morgan fingerprint density at radius 3 is 2.25 bits per heavy atom. The van der Waals surface area contributed by atoms with Gasteiger partial charge in [-0.3, -0.25) is 4.90 Å². The normalized spacial score (nSPS) is 18.4.